The number of pyridine rings is 1. The van der Waals surface area contributed by atoms with Crippen LogP contribution >= 0.6 is 11.6 Å². The Bertz CT molecular complexity index is 1160. The number of methoxy groups -OCH3 is 1. The van der Waals surface area contributed by atoms with Crippen molar-refractivity contribution >= 4 is 34.9 Å². The Balaban J connectivity index is 0.000000239. The number of nitrogens with one attached hydrogen (secondary N) is 1. The van der Waals surface area contributed by atoms with E-state index in [0.29, 0.717) is 27.7 Å². The number of benzene rings is 1. The third kappa shape index (κ3) is 5.87. The quantitative estimate of drug-likeness (QED) is 0.451. The number of imidazole rings is 1. The molecule has 1 aliphatic heterocycles. The Labute approximate surface area is 211 Å². The summed E-state index contributed by atoms with van der Waals surface area (Å²) in [7, 11) is 1.67. The zero-order chi connectivity index (χ0) is 24.9. The van der Waals surface area contributed by atoms with Crippen LogP contribution in [0.1, 0.15) is 44.6 Å². The number of nitrogens with zero attached hydrogens (tertiary/aromatic N) is 3. The van der Waals surface area contributed by atoms with E-state index in [9.17, 15) is 0 Å². The zero-order valence-electron chi connectivity index (χ0n) is 20.5. The van der Waals surface area contributed by atoms with Crippen LogP contribution < -0.4 is 16.2 Å². The molecule has 3 atom stereocenters. The Hall–Kier alpha value is -2.84. The number of nitrogens with two attached hydrogens (primary N) is 2. The summed E-state index contributed by atoms with van der Waals surface area (Å²) in [6.07, 6.45) is 8.97. The van der Waals surface area contributed by atoms with Gasteiger partial charge in [-0.05, 0) is 74.2 Å². The molecule has 3 aliphatic rings. The Morgan fingerprint density at radius 1 is 1.29 bits per heavy atom. The summed E-state index contributed by atoms with van der Waals surface area (Å²) in [5.41, 5.74) is 13.9. The molecule has 35 heavy (non-hydrogen) atoms. The minimum absolute atomic E-state index is 0.250. The van der Waals surface area contributed by atoms with Crippen molar-refractivity contribution in [2.24, 2.45) is 23.5 Å². The molecule has 6 rings (SSSR count). The number of halogens is 1. The number of rotatable bonds is 4. The maximum absolute atomic E-state index is 8.58. The maximum atomic E-state index is 8.58. The van der Waals surface area contributed by atoms with E-state index < -0.39 is 0 Å². The highest BCUT2D eigenvalue weighted by Gasteiger charge is 2.45. The molecule has 0 radical (unpaired) electrons. The second kappa shape index (κ2) is 11.3. The number of hydrogen-bond donors (Lipinski definition) is 3. The van der Waals surface area contributed by atoms with Crippen molar-refractivity contribution < 1.29 is 9.53 Å². The largest absolute Gasteiger partial charge is 0.496 e. The fourth-order valence-corrected chi connectivity index (χ4v) is 5.44. The number of aromatic amines is 1. The van der Waals surface area contributed by atoms with Gasteiger partial charge >= 0.3 is 0 Å². The van der Waals surface area contributed by atoms with E-state index in [4.69, 9.17) is 26.9 Å². The van der Waals surface area contributed by atoms with Gasteiger partial charge < -0.3 is 21.2 Å². The summed E-state index contributed by atoms with van der Waals surface area (Å²) in [5, 5.41) is 0.413. The van der Waals surface area contributed by atoms with Crippen LogP contribution in [0.3, 0.4) is 0 Å². The van der Waals surface area contributed by atoms with Gasteiger partial charge in [-0.1, -0.05) is 31.0 Å². The molecule has 188 valence electrons. The van der Waals surface area contributed by atoms with Crippen LogP contribution in [0, 0.1) is 17.8 Å². The van der Waals surface area contributed by atoms with Gasteiger partial charge in [-0.3, -0.25) is 9.69 Å². The average molecular weight is 499 g/mol. The Kier molecular flexibility index (Phi) is 8.13. The molecule has 9 heteroatoms. The van der Waals surface area contributed by atoms with Crippen LogP contribution in [-0.2, 0) is 11.3 Å². The highest BCUT2D eigenvalue weighted by atomic mass is 35.5. The van der Waals surface area contributed by atoms with E-state index in [2.05, 4.69) is 44.6 Å². The van der Waals surface area contributed by atoms with Gasteiger partial charge in [-0.25, -0.2) is 9.97 Å². The summed E-state index contributed by atoms with van der Waals surface area (Å²) in [4.78, 5) is 23.0. The molecule has 1 unspecified atom stereocenters. The van der Waals surface area contributed by atoms with Crippen LogP contribution in [-0.4, -0.2) is 46.5 Å². The van der Waals surface area contributed by atoms with Crippen molar-refractivity contribution in [2.45, 2.75) is 45.6 Å². The van der Waals surface area contributed by atoms with Gasteiger partial charge in [0.05, 0.1) is 29.6 Å². The van der Waals surface area contributed by atoms with E-state index in [1.807, 2.05) is 6.07 Å². The first-order valence-electron chi connectivity index (χ1n) is 12.3. The SMILES string of the molecule is COc1cc(CN2CCCC2)ccc1-c1nc2ncc(Cl)c(N)c2[nH]1.C[C@H]1CCC2C[C@@H]21.NC=O. The van der Waals surface area contributed by atoms with Gasteiger partial charge in [0.15, 0.2) is 5.65 Å². The van der Waals surface area contributed by atoms with Crippen molar-refractivity contribution in [3.8, 4) is 17.1 Å². The monoisotopic (exact) mass is 498 g/mol. The van der Waals surface area contributed by atoms with E-state index in [1.165, 1.54) is 55.9 Å². The predicted molar refractivity (Wildman–Crippen MR) is 140 cm³/mol. The first-order valence-corrected chi connectivity index (χ1v) is 12.7. The van der Waals surface area contributed by atoms with Crippen LogP contribution in [0.25, 0.3) is 22.6 Å². The molecule has 3 aromatic rings. The lowest BCUT2D eigenvalue weighted by Crippen LogP contribution is -2.18. The van der Waals surface area contributed by atoms with E-state index >= 15 is 0 Å². The van der Waals surface area contributed by atoms with Crippen molar-refractivity contribution in [3.05, 3.63) is 35.0 Å². The smallest absolute Gasteiger partial charge is 0.204 e. The molecule has 3 fully saturated rings. The molecule has 8 nitrogen and oxygen atoms in total. The second-order valence-electron chi connectivity index (χ2n) is 9.67. The van der Waals surface area contributed by atoms with Crippen LogP contribution in [0.2, 0.25) is 5.02 Å². The molecular weight excluding hydrogens is 464 g/mol. The minimum Gasteiger partial charge on any atom is -0.496 e. The first-order chi connectivity index (χ1) is 16.9. The number of fused-ring (bicyclic) bond motifs is 2. The number of H-pyrrole nitrogens is 1. The number of aromatic nitrogens is 3. The molecule has 1 amide bonds. The third-order valence-corrected chi connectivity index (χ3v) is 7.64. The summed E-state index contributed by atoms with van der Waals surface area (Å²) >= 11 is 6.04. The standard InChI is InChI=1S/C18H20ClN5O.C7H12.CH3NO/c1-25-14-8-11(10-24-6-2-3-7-24)4-5-12(14)17-22-16-15(20)13(19)9-21-18(16)23-17;1-5-2-3-6-4-7(5)6;2-1-3/h4-5,8-9H,2-3,6-7,10H2,1H3,(H3,20,21,22,23);5-7H,2-4H2,1H3;1H,(H2,2,3)/t;5-,6?,7+;/m.0./s1. The van der Waals surface area contributed by atoms with Gasteiger partial charge in [-0.15, -0.1) is 0 Å². The molecule has 2 saturated carbocycles. The lowest BCUT2D eigenvalue weighted by Gasteiger charge is -2.16. The molecule has 0 bridgehead atoms. The zero-order valence-corrected chi connectivity index (χ0v) is 21.2. The predicted octanol–water partition coefficient (Wildman–Crippen LogP) is 4.62. The summed E-state index contributed by atoms with van der Waals surface area (Å²) in [5.74, 6) is 4.90. The number of carbonyl (C=O) groups excluding carboxylic acids is 1. The lowest BCUT2D eigenvalue weighted by molar-refractivity contribution is -0.106. The fraction of sp³-hybridized carbons (Fsp3) is 0.500. The summed E-state index contributed by atoms with van der Waals surface area (Å²) in [6.45, 7) is 5.68. The van der Waals surface area contributed by atoms with Gasteiger partial charge in [0, 0.05) is 6.54 Å². The van der Waals surface area contributed by atoms with Gasteiger partial charge in [0.1, 0.15) is 17.1 Å². The first kappa shape index (κ1) is 25.3. The number of carbonyl (C=O) groups is 1. The second-order valence-corrected chi connectivity index (χ2v) is 10.1. The average Bonchev–Trinajstić information content (AvgIpc) is 3.17. The molecule has 3 heterocycles. The van der Waals surface area contributed by atoms with Crippen molar-refractivity contribution in [3.63, 3.8) is 0 Å². The third-order valence-electron chi connectivity index (χ3n) is 7.34. The highest BCUT2D eigenvalue weighted by molar-refractivity contribution is 6.34. The van der Waals surface area contributed by atoms with Gasteiger partial charge in [0.2, 0.25) is 6.41 Å². The highest BCUT2D eigenvalue weighted by Crippen LogP contribution is 2.54. The Morgan fingerprint density at radius 3 is 2.60 bits per heavy atom. The number of nitrogen functional groups attached to an aromatic ring is 1. The van der Waals surface area contributed by atoms with Crippen LogP contribution in [0.4, 0.5) is 5.69 Å². The molecular formula is C26H35ClN6O2. The van der Waals surface area contributed by atoms with Gasteiger partial charge in [-0.2, -0.15) is 0 Å². The number of amides is 1. The Morgan fingerprint density at radius 2 is 2.03 bits per heavy atom. The maximum Gasteiger partial charge on any atom is 0.204 e. The normalized spacial score (nSPS) is 22.5. The number of primary amides is 1. The van der Waals surface area contributed by atoms with E-state index in [0.717, 1.165) is 23.8 Å². The number of anilines is 1. The number of hydrogen-bond acceptors (Lipinski definition) is 6. The topological polar surface area (TPSA) is 123 Å². The van der Waals surface area contributed by atoms with Crippen molar-refractivity contribution in [2.75, 3.05) is 25.9 Å². The molecule has 1 aromatic carbocycles. The number of ether oxygens (including phenoxy) is 1. The van der Waals surface area contributed by atoms with Crippen molar-refractivity contribution in [1.29, 1.82) is 0 Å². The molecule has 5 N–H and O–H groups in total. The molecule has 0 spiro atoms. The lowest BCUT2D eigenvalue weighted by atomic mass is 10.1. The molecule has 2 aliphatic carbocycles. The van der Waals surface area contributed by atoms with Crippen LogP contribution in [0.5, 0.6) is 5.75 Å². The minimum atomic E-state index is 0.250. The van der Waals surface area contributed by atoms with Crippen molar-refractivity contribution in [1.82, 2.24) is 19.9 Å². The summed E-state index contributed by atoms with van der Waals surface area (Å²) in [6, 6.07) is 6.22. The summed E-state index contributed by atoms with van der Waals surface area (Å²) < 4.78 is 5.60. The molecule has 2 aromatic heterocycles. The van der Waals surface area contributed by atoms with E-state index in [-0.39, 0.29) is 6.41 Å². The molecule has 1 saturated heterocycles. The van der Waals surface area contributed by atoms with Gasteiger partial charge in [0.25, 0.3) is 0 Å². The van der Waals surface area contributed by atoms with E-state index in [1.54, 1.807) is 20.0 Å². The fourth-order valence-electron chi connectivity index (χ4n) is 5.30. The number of likely N-dealkylation sites (tertiary alicyclic amines) is 1. The van der Waals surface area contributed by atoms with Crippen LogP contribution in [0.15, 0.2) is 24.4 Å².